The highest BCUT2D eigenvalue weighted by Gasteiger charge is 2.15. The fourth-order valence-electron chi connectivity index (χ4n) is 2.58. The van der Waals surface area contributed by atoms with Crippen molar-refractivity contribution < 1.29 is 4.42 Å². The van der Waals surface area contributed by atoms with E-state index in [4.69, 9.17) is 4.42 Å². The average Bonchev–Trinajstić information content (AvgIpc) is 2.92. The van der Waals surface area contributed by atoms with E-state index in [9.17, 15) is 4.79 Å². The summed E-state index contributed by atoms with van der Waals surface area (Å²) in [5.41, 5.74) is 2.47. The van der Waals surface area contributed by atoms with Gasteiger partial charge in [-0.2, -0.15) is 0 Å². The molecule has 0 aliphatic carbocycles. The number of hydrogen-bond donors (Lipinski definition) is 0. The zero-order valence-electron chi connectivity index (χ0n) is 11.8. The molecular weight excluding hydrogens is 296 g/mol. The molecule has 2 aromatic carbocycles. The summed E-state index contributed by atoms with van der Waals surface area (Å²) in [7, 11) is 0. The van der Waals surface area contributed by atoms with Gasteiger partial charge in [0.25, 0.3) is 0 Å². The van der Waals surface area contributed by atoms with Crippen molar-refractivity contribution in [3.8, 4) is 5.69 Å². The first kappa shape index (κ1) is 13.2. The molecule has 4 rings (SSSR count). The van der Waals surface area contributed by atoms with Gasteiger partial charge in [-0.3, -0.25) is 4.57 Å². The lowest BCUT2D eigenvalue weighted by Gasteiger charge is -2.07. The van der Waals surface area contributed by atoms with Gasteiger partial charge in [-0.05, 0) is 30.5 Å². The number of rotatable bonds is 2. The first-order chi connectivity index (χ1) is 10.8. The molecule has 0 N–H and O–H groups in total. The third-order valence-electron chi connectivity index (χ3n) is 3.58. The summed E-state index contributed by atoms with van der Waals surface area (Å²) < 4.78 is 7.31. The maximum Gasteiger partial charge on any atom is 0.360 e. The van der Waals surface area contributed by atoms with Crippen LogP contribution < -0.4 is 5.63 Å². The predicted molar refractivity (Wildman–Crippen MR) is 88.9 cm³/mol. The van der Waals surface area contributed by atoms with Crippen LogP contribution in [0.15, 0.2) is 69.0 Å². The van der Waals surface area contributed by atoms with Crippen molar-refractivity contribution in [2.24, 2.45) is 0 Å². The summed E-state index contributed by atoms with van der Waals surface area (Å²) in [5, 5.41) is 1.66. The molecule has 0 fully saturated rings. The molecule has 22 heavy (non-hydrogen) atoms. The van der Waals surface area contributed by atoms with Gasteiger partial charge in [-0.25, -0.2) is 9.78 Å². The third-order valence-corrected chi connectivity index (χ3v) is 4.22. The number of hydrogen-bond acceptors (Lipinski definition) is 4. The normalized spacial score (nSPS) is 11.3. The van der Waals surface area contributed by atoms with Crippen LogP contribution in [0.25, 0.3) is 27.7 Å². The molecule has 0 aliphatic rings. The first-order valence-corrected chi connectivity index (χ1v) is 8.05. The highest BCUT2D eigenvalue weighted by molar-refractivity contribution is 7.98. The van der Waals surface area contributed by atoms with Gasteiger partial charge in [0.15, 0.2) is 5.16 Å². The zero-order chi connectivity index (χ0) is 15.1. The lowest BCUT2D eigenvalue weighted by molar-refractivity contribution is 0.554. The molecule has 0 aliphatic heterocycles. The van der Waals surface area contributed by atoms with Crippen molar-refractivity contribution in [3.63, 3.8) is 0 Å². The molecule has 2 aromatic heterocycles. The Hall–Kier alpha value is -2.53. The topological polar surface area (TPSA) is 48.0 Å². The summed E-state index contributed by atoms with van der Waals surface area (Å²) in [6.45, 7) is 0. The molecule has 0 amide bonds. The van der Waals surface area contributed by atoms with E-state index in [0.29, 0.717) is 11.3 Å². The largest absolute Gasteiger partial charge is 0.421 e. The molecule has 0 unspecified atom stereocenters. The Morgan fingerprint density at radius 2 is 1.86 bits per heavy atom. The molecule has 0 atom stereocenters. The smallest absolute Gasteiger partial charge is 0.360 e. The van der Waals surface area contributed by atoms with Crippen LogP contribution in [0, 0.1) is 0 Å². The molecule has 4 aromatic rings. The Balaban J connectivity index is 2.10. The summed E-state index contributed by atoms with van der Waals surface area (Å²) in [4.78, 5) is 17.0. The van der Waals surface area contributed by atoms with Gasteiger partial charge in [0, 0.05) is 5.39 Å². The van der Waals surface area contributed by atoms with Gasteiger partial charge >= 0.3 is 5.63 Å². The van der Waals surface area contributed by atoms with Gasteiger partial charge in [0.05, 0.1) is 11.0 Å². The molecule has 0 bridgehead atoms. The summed E-state index contributed by atoms with van der Waals surface area (Å²) in [5.74, 6) is 0. The lowest BCUT2D eigenvalue weighted by atomic mass is 10.2. The summed E-state index contributed by atoms with van der Waals surface area (Å²) in [6.07, 6.45) is 1.94. The second kappa shape index (κ2) is 5.03. The summed E-state index contributed by atoms with van der Waals surface area (Å²) in [6, 6.07) is 17.1. The second-order valence-electron chi connectivity index (χ2n) is 4.88. The molecule has 5 heteroatoms. The quantitative estimate of drug-likeness (QED) is 0.417. The zero-order valence-corrected chi connectivity index (χ0v) is 12.6. The van der Waals surface area contributed by atoms with Crippen LogP contribution in [0.5, 0.6) is 0 Å². The van der Waals surface area contributed by atoms with Crippen LogP contribution in [-0.2, 0) is 0 Å². The Kier molecular flexibility index (Phi) is 3.01. The molecule has 4 nitrogen and oxygen atoms in total. The van der Waals surface area contributed by atoms with Crippen molar-refractivity contribution in [2.75, 3.05) is 6.26 Å². The van der Waals surface area contributed by atoms with Crippen LogP contribution in [0.4, 0.5) is 0 Å². The molecule has 0 saturated carbocycles. The SMILES string of the molecule is CSc1nc2ccccc2n1-c1cc2ccccc2oc1=O. The minimum atomic E-state index is -0.364. The van der Waals surface area contributed by atoms with Gasteiger partial charge in [-0.15, -0.1) is 0 Å². The van der Waals surface area contributed by atoms with Crippen LogP contribution in [0.3, 0.4) is 0 Å². The van der Waals surface area contributed by atoms with E-state index < -0.39 is 0 Å². The Labute approximate surface area is 130 Å². The maximum absolute atomic E-state index is 12.4. The summed E-state index contributed by atoms with van der Waals surface area (Å²) >= 11 is 1.50. The van der Waals surface area contributed by atoms with Gasteiger partial charge in [-0.1, -0.05) is 42.1 Å². The van der Waals surface area contributed by atoms with Crippen molar-refractivity contribution in [2.45, 2.75) is 5.16 Å². The molecular formula is C17H12N2O2S. The Morgan fingerprint density at radius 3 is 2.73 bits per heavy atom. The van der Waals surface area contributed by atoms with E-state index in [1.807, 2.05) is 59.4 Å². The van der Waals surface area contributed by atoms with Crippen molar-refractivity contribution in [1.29, 1.82) is 0 Å². The molecule has 0 spiro atoms. The molecule has 0 radical (unpaired) electrons. The fraction of sp³-hybridized carbons (Fsp3) is 0.0588. The number of para-hydroxylation sites is 3. The minimum absolute atomic E-state index is 0.364. The number of benzene rings is 2. The van der Waals surface area contributed by atoms with E-state index >= 15 is 0 Å². The number of thioether (sulfide) groups is 1. The average molecular weight is 308 g/mol. The number of nitrogens with zero attached hydrogens (tertiary/aromatic N) is 2. The van der Waals surface area contributed by atoms with Crippen LogP contribution in [0.1, 0.15) is 0 Å². The monoisotopic (exact) mass is 308 g/mol. The predicted octanol–water partition coefficient (Wildman–Crippen LogP) is 3.85. The third kappa shape index (κ3) is 1.94. The number of imidazole rings is 1. The van der Waals surface area contributed by atoms with Crippen molar-refractivity contribution >= 4 is 33.8 Å². The van der Waals surface area contributed by atoms with E-state index in [0.717, 1.165) is 21.6 Å². The lowest BCUT2D eigenvalue weighted by Crippen LogP contribution is -2.10. The standard InChI is InChI=1S/C17H12N2O2S/c1-22-17-18-12-7-3-4-8-13(12)19(17)14-10-11-6-2-5-9-15(11)21-16(14)20/h2-10H,1H3. The van der Waals surface area contributed by atoms with E-state index in [2.05, 4.69) is 4.98 Å². The maximum atomic E-state index is 12.4. The highest BCUT2D eigenvalue weighted by Crippen LogP contribution is 2.26. The Morgan fingerprint density at radius 1 is 1.09 bits per heavy atom. The molecule has 2 heterocycles. The van der Waals surface area contributed by atoms with Crippen LogP contribution in [0.2, 0.25) is 0 Å². The van der Waals surface area contributed by atoms with Crippen molar-refractivity contribution in [3.05, 3.63) is 65.0 Å². The van der Waals surface area contributed by atoms with Gasteiger partial charge < -0.3 is 4.42 Å². The van der Waals surface area contributed by atoms with E-state index in [-0.39, 0.29) is 5.63 Å². The van der Waals surface area contributed by atoms with Gasteiger partial charge in [0.1, 0.15) is 11.3 Å². The molecule has 0 saturated heterocycles. The number of aromatic nitrogens is 2. The molecule has 108 valence electrons. The van der Waals surface area contributed by atoms with Crippen molar-refractivity contribution in [1.82, 2.24) is 9.55 Å². The Bertz CT molecular complexity index is 1050. The van der Waals surface area contributed by atoms with Gasteiger partial charge in [0.2, 0.25) is 0 Å². The van der Waals surface area contributed by atoms with Crippen LogP contribution in [-0.4, -0.2) is 15.8 Å². The number of fused-ring (bicyclic) bond motifs is 2. The minimum Gasteiger partial charge on any atom is -0.421 e. The highest BCUT2D eigenvalue weighted by atomic mass is 32.2. The van der Waals surface area contributed by atoms with Crippen LogP contribution >= 0.6 is 11.8 Å². The van der Waals surface area contributed by atoms with E-state index in [1.165, 1.54) is 11.8 Å². The van der Waals surface area contributed by atoms with E-state index in [1.54, 1.807) is 6.07 Å². The first-order valence-electron chi connectivity index (χ1n) is 6.82. The second-order valence-corrected chi connectivity index (χ2v) is 5.65. The fourth-order valence-corrected chi connectivity index (χ4v) is 3.15.